The van der Waals surface area contributed by atoms with Gasteiger partial charge in [-0.2, -0.15) is 0 Å². The number of benzene rings is 1. The van der Waals surface area contributed by atoms with Crippen LogP contribution in [0.4, 0.5) is 0 Å². The lowest BCUT2D eigenvalue weighted by Crippen LogP contribution is -2.45. The van der Waals surface area contributed by atoms with Gasteiger partial charge in [0.15, 0.2) is 0 Å². The number of aromatic nitrogens is 2. The third-order valence-corrected chi connectivity index (χ3v) is 3.78. The van der Waals surface area contributed by atoms with Crippen molar-refractivity contribution >= 4 is 5.97 Å². The normalized spacial score (nSPS) is 18.4. The van der Waals surface area contributed by atoms with E-state index in [-0.39, 0.29) is 0 Å². The summed E-state index contributed by atoms with van der Waals surface area (Å²) in [4.78, 5) is 13.4. The van der Waals surface area contributed by atoms with Gasteiger partial charge in [-0.1, -0.05) is 31.2 Å². The van der Waals surface area contributed by atoms with Crippen LogP contribution in [-0.4, -0.2) is 32.2 Å². The number of hydrogen-bond donors (Lipinski definition) is 1. The van der Waals surface area contributed by atoms with Crippen molar-refractivity contribution in [3.8, 4) is 0 Å². The maximum absolute atomic E-state index is 11.5. The minimum atomic E-state index is -0.820. The molecule has 1 aromatic heterocycles. The summed E-state index contributed by atoms with van der Waals surface area (Å²) in [6.45, 7) is 2.88. The molecule has 1 aliphatic rings. The summed E-state index contributed by atoms with van der Waals surface area (Å²) in [5.41, 5.74) is 2.26. The lowest BCUT2D eigenvalue weighted by molar-refractivity contribution is -0.144. The van der Waals surface area contributed by atoms with E-state index in [4.69, 9.17) is 4.42 Å². The molecule has 0 saturated heterocycles. The zero-order valence-electron chi connectivity index (χ0n) is 11.8. The first-order chi connectivity index (χ1) is 10.2. The molecule has 3 rings (SSSR count). The van der Waals surface area contributed by atoms with Gasteiger partial charge in [0.25, 0.3) is 0 Å². The van der Waals surface area contributed by atoms with E-state index in [9.17, 15) is 9.90 Å². The van der Waals surface area contributed by atoms with Crippen molar-refractivity contribution in [2.75, 3.05) is 0 Å². The van der Waals surface area contributed by atoms with Crippen molar-refractivity contribution < 1.29 is 14.3 Å². The second kappa shape index (κ2) is 5.65. The van der Waals surface area contributed by atoms with Crippen molar-refractivity contribution in [3.63, 3.8) is 0 Å². The number of aryl methyl sites for hydroxylation is 1. The molecule has 6 heteroatoms. The minimum Gasteiger partial charge on any atom is -0.480 e. The van der Waals surface area contributed by atoms with Crippen LogP contribution in [0, 0.1) is 0 Å². The van der Waals surface area contributed by atoms with Crippen molar-refractivity contribution in [3.05, 3.63) is 47.2 Å². The van der Waals surface area contributed by atoms with E-state index in [1.54, 1.807) is 0 Å². The summed E-state index contributed by atoms with van der Waals surface area (Å²) in [6, 6.07) is 7.38. The number of fused-ring (bicyclic) bond motifs is 1. The monoisotopic (exact) mass is 287 g/mol. The Balaban J connectivity index is 1.83. The molecule has 1 aliphatic heterocycles. The Hall–Kier alpha value is -2.21. The summed E-state index contributed by atoms with van der Waals surface area (Å²) >= 11 is 0. The SMILES string of the molecule is CCc1nnc(CN2Cc3ccccc3C[C@H]2C(=O)O)o1. The minimum absolute atomic E-state index is 0.359. The lowest BCUT2D eigenvalue weighted by atomic mass is 9.94. The fourth-order valence-electron chi connectivity index (χ4n) is 2.66. The van der Waals surface area contributed by atoms with Gasteiger partial charge < -0.3 is 9.52 Å². The highest BCUT2D eigenvalue weighted by molar-refractivity contribution is 5.74. The van der Waals surface area contributed by atoms with Crippen molar-refractivity contribution in [1.82, 2.24) is 15.1 Å². The van der Waals surface area contributed by atoms with E-state index in [0.717, 1.165) is 11.1 Å². The zero-order valence-corrected chi connectivity index (χ0v) is 11.8. The van der Waals surface area contributed by atoms with Crippen molar-refractivity contribution in [2.24, 2.45) is 0 Å². The van der Waals surface area contributed by atoms with Crippen LogP contribution in [0.2, 0.25) is 0 Å². The Labute approximate surface area is 122 Å². The molecule has 0 aliphatic carbocycles. The summed E-state index contributed by atoms with van der Waals surface area (Å²) in [6.07, 6.45) is 1.18. The molecule has 0 bridgehead atoms. The number of aliphatic carboxylic acids is 1. The van der Waals surface area contributed by atoms with Gasteiger partial charge in [-0.3, -0.25) is 9.69 Å². The summed E-state index contributed by atoms with van der Waals surface area (Å²) in [5, 5.41) is 17.4. The maximum Gasteiger partial charge on any atom is 0.321 e. The number of carbonyl (C=O) groups is 1. The molecule has 0 spiro atoms. The van der Waals surface area contributed by atoms with E-state index < -0.39 is 12.0 Å². The van der Waals surface area contributed by atoms with Crippen LogP contribution in [0.15, 0.2) is 28.7 Å². The Morgan fingerprint density at radius 3 is 2.71 bits per heavy atom. The average Bonchev–Trinajstić information content (AvgIpc) is 2.94. The molecule has 6 nitrogen and oxygen atoms in total. The largest absolute Gasteiger partial charge is 0.480 e. The molecular weight excluding hydrogens is 270 g/mol. The van der Waals surface area contributed by atoms with Crippen LogP contribution in [-0.2, 0) is 30.7 Å². The fourth-order valence-corrected chi connectivity index (χ4v) is 2.66. The molecule has 2 heterocycles. The van der Waals surface area contributed by atoms with Crippen molar-refractivity contribution in [2.45, 2.75) is 38.9 Å². The van der Waals surface area contributed by atoms with E-state index in [0.29, 0.717) is 37.7 Å². The third kappa shape index (κ3) is 2.80. The molecule has 0 saturated carbocycles. The van der Waals surface area contributed by atoms with Gasteiger partial charge in [0.05, 0.1) is 6.54 Å². The predicted octanol–water partition coefficient (Wildman–Crippen LogP) is 1.64. The highest BCUT2D eigenvalue weighted by atomic mass is 16.4. The summed E-state index contributed by atoms with van der Waals surface area (Å²) < 4.78 is 5.49. The van der Waals surface area contributed by atoms with Gasteiger partial charge >= 0.3 is 5.97 Å². The Kier molecular flexibility index (Phi) is 3.70. The molecule has 0 unspecified atom stereocenters. The highest BCUT2D eigenvalue weighted by Gasteiger charge is 2.32. The maximum atomic E-state index is 11.5. The fraction of sp³-hybridized carbons (Fsp3) is 0.400. The summed E-state index contributed by atoms with van der Waals surface area (Å²) in [7, 11) is 0. The van der Waals surface area contributed by atoms with Gasteiger partial charge in [0, 0.05) is 13.0 Å². The van der Waals surface area contributed by atoms with Crippen LogP contribution >= 0.6 is 0 Å². The third-order valence-electron chi connectivity index (χ3n) is 3.78. The van der Waals surface area contributed by atoms with Crippen LogP contribution in [0.25, 0.3) is 0 Å². The number of carboxylic acids is 1. The van der Waals surface area contributed by atoms with Gasteiger partial charge in [-0.25, -0.2) is 0 Å². The molecule has 1 aromatic carbocycles. The molecule has 2 aromatic rings. The first-order valence-electron chi connectivity index (χ1n) is 7.02. The van der Waals surface area contributed by atoms with Crippen LogP contribution in [0.5, 0.6) is 0 Å². The number of hydrogen-bond acceptors (Lipinski definition) is 5. The van der Waals surface area contributed by atoms with Gasteiger partial charge in [-0.15, -0.1) is 10.2 Å². The average molecular weight is 287 g/mol. The van der Waals surface area contributed by atoms with Gasteiger partial charge in [0.2, 0.25) is 11.8 Å². The van der Waals surface area contributed by atoms with Gasteiger partial charge in [-0.05, 0) is 17.5 Å². The molecule has 21 heavy (non-hydrogen) atoms. The number of carboxylic acid groups (broad SMARTS) is 1. The first-order valence-corrected chi connectivity index (χ1v) is 7.02. The van der Waals surface area contributed by atoms with E-state index in [1.165, 1.54) is 0 Å². The van der Waals surface area contributed by atoms with Crippen molar-refractivity contribution in [1.29, 1.82) is 0 Å². The second-order valence-electron chi connectivity index (χ2n) is 5.17. The smallest absolute Gasteiger partial charge is 0.321 e. The molecule has 110 valence electrons. The second-order valence-corrected chi connectivity index (χ2v) is 5.17. The lowest BCUT2D eigenvalue weighted by Gasteiger charge is -2.33. The highest BCUT2D eigenvalue weighted by Crippen LogP contribution is 2.24. The Morgan fingerprint density at radius 2 is 2.05 bits per heavy atom. The molecule has 0 amide bonds. The van der Waals surface area contributed by atoms with Crippen LogP contribution in [0.3, 0.4) is 0 Å². The van der Waals surface area contributed by atoms with Gasteiger partial charge in [0.1, 0.15) is 6.04 Å². The quantitative estimate of drug-likeness (QED) is 0.921. The zero-order chi connectivity index (χ0) is 14.8. The summed E-state index contributed by atoms with van der Waals surface area (Å²) in [5.74, 6) is 0.228. The molecule has 1 N–H and O–H groups in total. The van der Waals surface area contributed by atoms with E-state index in [1.807, 2.05) is 36.1 Å². The number of nitrogens with zero attached hydrogens (tertiary/aromatic N) is 3. The number of rotatable bonds is 4. The molecule has 1 atom stereocenters. The standard InChI is InChI=1S/C15H17N3O3/c1-2-13-16-17-14(21-13)9-18-8-11-6-4-3-5-10(11)7-12(18)15(19)20/h3-6,12H,2,7-9H2,1H3,(H,19,20)/t12-/m0/s1. The molecular formula is C15H17N3O3. The topological polar surface area (TPSA) is 79.5 Å². The van der Waals surface area contributed by atoms with E-state index >= 15 is 0 Å². The van der Waals surface area contributed by atoms with Crippen LogP contribution < -0.4 is 0 Å². The Morgan fingerprint density at radius 1 is 1.33 bits per heavy atom. The first kappa shape index (κ1) is 13.8. The molecule has 0 radical (unpaired) electrons. The molecule has 0 fully saturated rings. The predicted molar refractivity (Wildman–Crippen MR) is 74.5 cm³/mol. The Bertz CT molecular complexity index is 653. The van der Waals surface area contributed by atoms with Crippen LogP contribution in [0.1, 0.15) is 29.8 Å². The van der Waals surface area contributed by atoms with E-state index in [2.05, 4.69) is 10.2 Å².